The molecule has 0 saturated heterocycles. The highest BCUT2D eigenvalue weighted by Crippen LogP contribution is 2.26. The SMILES string of the molecule is CCCc1c(N)nnn1-c1cccc(C)c1Br. The van der Waals surface area contributed by atoms with E-state index in [4.69, 9.17) is 5.73 Å². The van der Waals surface area contributed by atoms with E-state index in [2.05, 4.69) is 33.2 Å². The third kappa shape index (κ3) is 2.20. The Morgan fingerprint density at radius 3 is 2.88 bits per heavy atom. The first kappa shape index (κ1) is 12.1. The Morgan fingerprint density at radius 2 is 2.18 bits per heavy atom. The van der Waals surface area contributed by atoms with Crippen LogP contribution in [0, 0.1) is 6.92 Å². The summed E-state index contributed by atoms with van der Waals surface area (Å²) in [6.45, 7) is 4.16. The second-order valence-corrected chi connectivity index (χ2v) is 4.78. The van der Waals surface area contributed by atoms with Crippen molar-refractivity contribution in [3.8, 4) is 5.69 Å². The molecule has 0 unspecified atom stereocenters. The van der Waals surface area contributed by atoms with Gasteiger partial charge < -0.3 is 5.73 Å². The van der Waals surface area contributed by atoms with Gasteiger partial charge in [0.05, 0.1) is 11.4 Å². The van der Waals surface area contributed by atoms with Crippen LogP contribution in [-0.2, 0) is 6.42 Å². The normalized spacial score (nSPS) is 10.8. The average Bonchev–Trinajstić information content (AvgIpc) is 2.66. The number of nitrogen functional groups attached to an aromatic ring is 1. The van der Waals surface area contributed by atoms with E-state index < -0.39 is 0 Å². The number of nitrogens with zero attached hydrogens (tertiary/aromatic N) is 3. The van der Waals surface area contributed by atoms with Gasteiger partial charge in [0.15, 0.2) is 5.82 Å². The molecular weight excluding hydrogens is 280 g/mol. The van der Waals surface area contributed by atoms with Crippen LogP contribution in [0.4, 0.5) is 5.82 Å². The largest absolute Gasteiger partial charge is 0.381 e. The Bertz CT molecular complexity index is 533. The Kier molecular flexibility index (Phi) is 3.47. The van der Waals surface area contributed by atoms with Gasteiger partial charge in [0, 0.05) is 4.47 Å². The predicted octanol–water partition coefficient (Wildman–Crippen LogP) is 2.87. The summed E-state index contributed by atoms with van der Waals surface area (Å²) >= 11 is 3.58. The molecule has 4 nitrogen and oxygen atoms in total. The molecule has 0 atom stereocenters. The van der Waals surface area contributed by atoms with Gasteiger partial charge in [-0.15, -0.1) is 5.10 Å². The number of aromatic nitrogens is 3. The quantitative estimate of drug-likeness (QED) is 0.947. The van der Waals surface area contributed by atoms with E-state index in [0.717, 1.165) is 28.7 Å². The molecule has 0 radical (unpaired) electrons. The van der Waals surface area contributed by atoms with Crippen LogP contribution in [0.25, 0.3) is 5.69 Å². The molecule has 0 spiro atoms. The maximum Gasteiger partial charge on any atom is 0.169 e. The topological polar surface area (TPSA) is 56.7 Å². The van der Waals surface area contributed by atoms with E-state index in [-0.39, 0.29) is 0 Å². The number of rotatable bonds is 3. The zero-order chi connectivity index (χ0) is 12.4. The van der Waals surface area contributed by atoms with Crippen LogP contribution in [-0.4, -0.2) is 15.0 Å². The Morgan fingerprint density at radius 1 is 1.41 bits per heavy atom. The molecule has 2 aromatic rings. The van der Waals surface area contributed by atoms with E-state index >= 15 is 0 Å². The lowest BCUT2D eigenvalue weighted by atomic mass is 10.2. The second kappa shape index (κ2) is 4.87. The van der Waals surface area contributed by atoms with Crippen molar-refractivity contribution in [2.45, 2.75) is 26.7 Å². The minimum absolute atomic E-state index is 0.514. The van der Waals surface area contributed by atoms with Gasteiger partial charge in [-0.1, -0.05) is 30.7 Å². The van der Waals surface area contributed by atoms with Crippen molar-refractivity contribution >= 4 is 21.7 Å². The summed E-state index contributed by atoms with van der Waals surface area (Å²) in [5.74, 6) is 0.514. The third-order valence-corrected chi connectivity index (χ3v) is 3.71. The number of anilines is 1. The van der Waals surface area contributed by atoms with Gasteiger partial charge in [0.1, 0.15) is 0 Å². The molecule has 0 aliphatic carbocycles. The van der Waals surface area contributed by atoms with Crippen molar-refractivity contribution in [1.82, 2.24) is 15.0 Å². The highest BCUT2D eigenvalue weighted by molar-refractivity contribution is 9.10. The van der Waals surface area contributed by atoms with Crippen molar-refractivity contribution in [2.24, 2.45) is 0 Å². The summed E-state index contributed by atoms with van der Waals surface area (Å²) in [6, 6.07) is 6.06. The van der Waals surface area contributed by atoms with Crippen LogP contribution < -0.4 is 5.73 Å². The predicted molar refractivity (Wildman–Crippen MR) is 72.2 cm³/mol. The highest BCUT2D eigenvalue weighted by atomic mass is 79.9. The molecule has 0 amide bonds. The fraction of sp³-hybridized carbons (Fsp3) is 0.333. The highest BCUT2D eigenvalue weighted by Gasteiger charge is 2.13. The number of hydrogen-bond acceptors (Lipinski definition) is 3. The maximum absolute atomic E-state index is 5.84. The first-order chi connectivity index (χ1) is 8.15. The summed E-state index contributed by atoms with van der Waals surface area (Å²) < 4.78 is 2.85. The summed E-state index contributed by atoms with van der Waals surface area (Å²) in [4.78, 5) is 0. The summed E-state index contributed by atoms with van der Waals surface area (Å²) in [5.41, 5.74) is 8.96. The van der Waals surface area contributed by atoms with Gasteiger partial charge in [0.2, 0.25) is 0 Å². The maximum atomic E-state index is 5.84. The van der Waals surface area contributed by atoms with Crippen LogP contribution >= 0.6 is 15.9 Å². The molecule has 17 heavy (non-hydrogen) atoms. The lowest BCUT2D eigenvalue weighted by Crippen LogP contribution is -2.05. The Hall–Kier alpha value is -1.36. The molecule has 0 aliphatic heterocycles. The molecule has 0 bridgehead atoms. The van der Waals surface area contributed by atoms with Gasteiger partial charge in [-0.05, 0) is 40.9 Å². The average molecular weight is 295 g/mol. The zero-order valence-electron chi connectivity index (χ0n) is 9.94. The zero-order valence-corrected chi connectivity index (χ0v) is 11.5. The van der Waals surface area contributed by atoms with E-state index in [9.17, 15) is 0 Å². The van der Waals surface area contributed by atoms with Gasteiger partial charge in [-0.2, -0.15) is 0 Å². The molecular formula is C12H15BrN4. The summed E-state index contributed by atoms with van der Waals surface area (Å²) in [5, 5.41) is 8.07. The molecule has 2 rings (SSSR count). The standard InChI is InChI=1S/C12H15BrN4/c1-3-5-10-12(14)15-16-17(10)9-7-4-6-8(2)11(9)13/h4,6-7H,3,5,14H2,1-2H3. The van der Waals surface area contributed by atoms with Crippen LogP contribution in [0.5, 0.6) is 0 Å². The van der Waals surface area contributed by atoms with Gasteiger partial charge in [-0.3, -0.25) is 0 Å². The summed E-state index contributed by atoms with van der Waals surface area (Å²) in [7, 11) is 0. The van der Waals surface area contributed by atoms with Crippen LogP contribution in [0.1, 0.15) is 24.6 Å². The number of hydrogen-bond donors (Lipinski definition) is 1. The fourth-order valence-corrected chi connectivity index (χ4v) is 2.21. The monoisotopic (exact) mass is 294 g/mol. The Balaban J connectivity index is 2.56. The number of benzene rings is 1. The minimum Gasteiger partial charge on any atom is -0.381 e. The van der Waals surface area contributed by atoms with Gasteiger partial charge in [-0.25, -0.2) is 4.68 Å². The number of halogens is 1. The van der Waals surface area contributed by atoms with Gasteiger partial charge in [0.25, 0.3) is 0 Å². The minimum atomic E-state index is 0.514. The molecule has 1 aromatic heterocycles. The van der Waals surface area contributed by atoms with Crippen LogP contribution in [0.2, 0.25) is 0 Å². The summed E-state index contributed by atoms with van der Waals surface area (Å²) in [6.07, 6.45) is 1.89. The van der Waals surface area contributed by atoms with E-state index in [0.29, 0.717) is 5.82 Å². The lowest BCUT2D eigenvalue weighted by molar-refractivity contribution is 0.743. The van der Waals surface area contributed by atoms with E-state index in [1.807, 2.05) is 29.8 Å². The molecule has 0 aliphatic rings. The molecule has 5 heteroatoms. The number of aryl methyl sites for hydroxylation is 1. The lowest BCUT2D eigenvalue weighted by Gasteiger charge is -2.09. The second-order valence-electron chi connectivity index (χ2n) is 3.99. The van der Waals surface area contributed by atoms with Crippen molar-refractivity contribution in [3.63, 3.8) is 0 Å². The van der Waals surface area contributed by atoms with E-state index in [1.165, 1.54) is 5.56 Å². The first-order valence-electron chi connectivity index (χ1n) is 5.60. The van der Waals surface area contributed by atoms with E-state index in [1.54, 1.807) is 0 Å². The molecule has 0 saturated carbocycles. The van der Waals surface area contributed by atoms with Crippen molar-refractivity contribution in [2.75, 3.05) is 5.73 Å². The van der Waals surface area contributed by atoms with Gasteiger partial charge >= 0.3 is 0 Å². The Labute approximate surface area is 109 Å². The molecule has 90 valence electrons. The smallest absolute Gasteiger partial charge is 0.169 e. The molecule has 2 N–H and O–H groups in total. The fourth-order valence-electron chi connectivity index (χ4n) is 1.77. The third-order valence-electron chi connectivity index (χ3n) is 2.68. The first-order valence-corrected chi connectivity index (χ1v) is 6.40. The van der Waals surface area contributed by atoms with Crippen molar-refractivity contribution in [3.05, 3.63) is 33.9 Å². The molecule has 1 aromatic carbocycles. The molecule has 1 heterocycles. The van der Waals surface area contributed by atoms with Crippen molar-refractivity contribution < 1.29 is 0 Å². The molecule has 0 fully saturated rings. The van der Waals surface area contributed by atoms with Crippen LogP contribution in [0.3, 0.4) is 0 Å². The van der Waals surface area contributed by atoms with Crippen LogP contribution in [0.15, 0.2) is 22.7 Å². The van der Waals surface area contributed by atoms with Crippen molar-refractivity contribution in [1.29, 1.82) is 0 Å². The number of nitrogens with two attached hydrogens (primary N) is 1.